The lowest BCUT2D eigenvalue weighted by molar-refractivity contribution is 0.161. The van der Waals surface area contributed by atoms with Crippen LogP contribution in [0.3, 0.4) is 0 Å². The van der Waals surface area contributed by atoms with Gasteiger partial charge >= 0.3 is 0 Å². The Balaban J connectivity index is 2.62. The van der Waals surface area contributed by atoms with Crippen LogP contribution in [0.1, 0.15) is 98.8 Å². The molecule has 4 unspecified atom stereocenters. The van der Waals surface area contributed by atoms with Crippen molar-refractivity contribution in [3.8, 4) is 0 Å². The van der Waals surface area contributed by atoms with Crippen molar-refractivity contribution in [2.75, 3.05) is 0 Å². The van der Waals surface area contributed by atoms with E-state index >= 15 is 0 Å². The largest absolute Gasteiger partial charge is 0.0654 e. The molecule has 0 bridgehead atoms. The monoisotopic (exact) mass is 280 g/mol. The van der Waals surface area contributed by atoms with E-state index in [1.165, 1.54) is 64.2 Å². The fraction of sp³-hybridized carbons (Fsp3) is 1.00. The molecule has 120 valence electrons. The van der Waals surface area contributed by atoms with Crippen LogP contribution in [0.25, 0.3) is 0 Å². The lowest BCUT2D eigenvalue weighted by Gasteiger charge is -2.34. The van der Waals surface area contributed by atoms with Crippen LogP contribution < -0.4 is 0 Å². The minimum Gasteiger partial charge on any atom is -0.0654 e. The second kappa shape index (κ2) is 9.85. The van der Waals surface area contributed by atoms with Crippen LogP contribution in [-0.2, 0) is 0 Å². The van der Waals surface area contributed by atoms with Crippen molar-refractivity contribution < 1.29 is 0 Å². The Morgan fingerprint density at radius 2 is 1.50 bits per heavy atom. The van der Waals surface area contributed by atoms with Crippen LogP contribution in [0.4, 0.5) is 0 Å². The van der Waals surface area contributed by atoms with Crippen molar-refractivity contribution in [2.45, 2.75) is 98.8 Å². The van der Waals surface area contributed by atoms with E-state index in [0.29, 0.717) is 0 Å². The normalized spacial score (nSPS) is 27.4. The van der Waals surface area contributed by atoms with E-state index < -0.39 is 0 Å². The summed E-state index contributed by atoms with van der Waals surface area (Å²) in [5.41, 5.74) is 0. The highest BCUT2D eigenvalue weighted by Gasteiger charge is 2.35. The molecule has 1 aliphatic carbocycles. The molecule has 0 aromatic rings. The topological polar surface area (TPSA) is 0 Å². The highest BCUT2D eigenvalue weighted by atomic mass is 14.4. The average Bonchev–Trinajstić information content (AvgIpc) is 2.93. The molecule has 0 N–H and O–H groups in total. The summed E-state index contributed by atoms with van der Waals surface area (Å²) in [5, 5.41) is 0. The van der Waals surface area contributed by atoms with Crippen LogP contribution in [0.15, 0.2) is 0 Å². The fourth-order valence-corrected chi connectivity index (χ4v) is 4.95. The molecule has 0 aromatic carbocycles. The lowest BCUT2D eigenvalue weighted by Crippen LogP contribution is -2.25. The summed E-state index contributed by atoms with van der Waals surface area (Å²) in [6.45, 7) is 12.1. The van der Waals surface area contributed by atoms with Gasteiger partial charge < -0.3 is 0 Å². The van der Waals surface area contributed by atoms with Gasteiger partial charge in [0.15, 0.2) is 0 Å². The molecule has 0 aliphatic heterocycles. The molecule has 0 nitrogen and oxygen atoms in total. The van der Waals surface area contributed by atoms with Crippen molar-refractivity contribution in [1.82, 2.24) is 0 Å². The lowest BCUT2D eigenvalue weighted by atomic mass is 9.72. The molecule has 1 rings (SSSR count). The summed E-state index contributed by atoms with van der Waals surface area (Å²) < 4.78 is 0. The Kier molecular flexibility index (Phi) is 8.89. The third-order valence-electron chi connectivity index (χ3n) is 6.14. The predicted molar refractivity (Wildman–Crippen MR) is 92.0 cm³/mol. The number of hydrogen-bond acceptors (Lipinski definition) is 0. The minimum atomic E-state index is 0.966. The molecule has 0 heterocycles. The Labute approximate surface area is 129 Å². The first kappa shape index (κ1) is 18.1. The summed E-state index contributed by atoms with van der Waals surface area (Å²) in [7, 11) is 0. The third-order valence-corrected chi connectivity index (χ3v) is 6.14. The zero-order valence-corrected chi connectivity index (χ0v) is 15.0. The second-order valence-corrected chi connectivity index (χ2v) is 7.49. The van der Waals surface area contributed by atoms with Crippen molar-refractivity contribution in [3.05, 3.63) is 0 Å². The standard InChI is InChI=1S/C20H40/c1-6-11-16(5)19-13-10-14-20(19)18(9-4)15-17(8-3)12-7-2/h16-20H,6-15H2,1-5H3/t16-,17?,18?,19?,20?/m0/s1. The highest BCUT2D eigenvalue weighted by molar-refractivity contribution is 4.86. The van der Waals surface area contributed by atoms with E-state index in [-0.39, 0.29) is 0 Å². The van der Waals surface area contributed by atoms with Crippen molar-refractivity contribution in [1.29, 1.82) is 0 Å². The first-order chi connectivity index (χ1) is 9.67. The molecule has 0 radical (unpaired) electrons. The molecule has 0 spiro atoms. The van der Waals surface area contributed by atoms with Gasteiger partial charge in [0.25, 0.3) is 0 Å². The number of rotatable bonds is 10. The summed E-state index contributed by atoms with van der Waals surface area (Å²) in [5.74, 6) is 5.06. The second-order valence-electron chi connectivity index (χ2n) is 7.49. The summed E-state index contributed by atoms with van der Waals surface area (Å²) in [6.07, 6.45) is 14.5. The van der Waals surface area contributed by atoms with Gasteiger partial charge in [0.1, 0.15) is 0 Å². The van der Waals surface area contributed by atoms with Crippen LogP contribution in [0.5, 0.6) is 0 Å². The Morgan fingerprint density at radius 3 is 2.05 bits per heavy atom. The van der Waals surface area contributed by atoms with E-state index in [1.54, 1.807) is 0 Å². The summed E-state index contributed by atoms with van der Waals surface area (Å²) in [4.78, 5) is 0. The maximum atomic E-state index is 2.53. The van der Waals surface area contributed by atoms with E-state index in [4.69, 9.17) is 0 Å². The number of hydrogen-bond donors (Lipinski definition) is 0. The zero-order chi connectivity index (χ0) is 15.0. The molecule has 1 aliphatic rings. The Morgan fingerprint density at radius 1 is 0.850 bits per heavy atom. The third kappa shape index (κ3) is 5.08. The fourth-order valence-electron chi connectivity index (χ4n) is 4.95. The van der Waals surface area contributed by atoms with E-state index in [0.717, 1.165) is 29.6 Å². The molecule has 0 aromatic heterocycles. The molecule has 0 saturated heterocycles. The van der Waals surface area contributed by atoms with Crippen LogP contribution >= 0.6 is 0 Å². The average molecular weight is 281 g/mol. The molecule has 1 fully saturated rings. The molecular formula is C20H40. The summed E-state index contributed by atoms with van der Waals surface area (Å²) >= 11 is 0. The van der Waals surface area contributed by atoms with E-state index in [1.807, 2.05) is 0 Å². The molecular weight excluding hydrogens is 240 g/mol. The predicted octanol–water partition coefficient (Wildman–Crippen LogP) is 7.08. The maximum Gasteiger partial charge on any atom is -0.0355 e. The highest BCUT2D eigenvalue weighted by Crippen LogP contribution is 2.45. The van der Waals surface area contributed by atoms with Gasteiger partial charge in [-0.25, -0.2) is 0 Å². The van der Waals surface area contributed by atoms with Gasteiger partial charge in [0.2, 0.25) is 0 Å². The quantitative estimate of drug-likeness (QED) is 0.401. The van der Waals surface area contributed by atoms with Gasteiger partial charge in [-0.3, -0.25) is 0 Å². The van der Waals surface area contributed by atoms with E-state index in [2.05, 4.69) is 34.6 Å². The zero-order valence-electron chi connectivity index (χ0n) is 15.0. The van der Waals surface area contributed by atoms with Crippen molar-refractivity contribution >= 4 is 0 Å². The first-order valence-corrected chi connectivity index (χ1v) is 9.67. The first-order valence-electron chi connectivity index (χ1n) is 9.67. The van der Waals surface area contributed by atoms with Crippen LogP contribution in [-0.4, -0.2) is 0 Å². The van der Waals surface area contributed by atoms with Crippen molar-refractivity contribution in [2.24, 2.45) is 29.6 Å². The van der Waals surface area contributed by atoms with Gasteiger partial charge in [-0.1, -0.05) is 79.6 Å². The maximum absolute atomic E-state index is 2.53. The van der Waals surface area contributed by atoms with Gasteiger partial charge in [0.05, 0.1) is 0 Å². The van der Waals surface area contributed by atoms with Crippen molar-refractivity contribution in [3.63, 3.8) is 0 Å². The molecule has 5 atom stereocenters. The van der Waals surface area contributed by atoms with Crippen LogP contribution in [0, 0.1) is 29.6 Å². The minimum absolute atomic E-state index is 0.966. The smallest absolute Gasteiger partial charge is 0.0355 e. The molecule has 0 amide bonds. The van der Waals surface area contributed by atoms with Crippen LogP contribution in [0.2, 0.25) is 0 Å². The Hall–Kier alpha value is 0. The van der Waals surface area contributed by atoms with Gasteiger partial charge in [-0.05, 0) is 48.9 Å². The summed E-state index contributed by atoms with van der Waals surface area (Å²) in [6, 6.07) is 0. The van der Waals surface area contributed by atoms with E-state index in [9.17, 15) is 0 Å². The molecule has 0 heteroatoms. The van der Waals surface area contributed by atoms with Gasteiger partial charge in [-0.15, -0.1) is 0 Å². The SMILES string of the molecule is CCCC(CC)CC(CC)C1CCCC1[C@@H](C)CCC. The Bertz CT molecular complexity index is 232. The molecule has 20 heavy (non-hydrogen) atoms. The van der Waals surface area contributed by atoms with Gasteiger partial charge in [0, 0.05) is 0 Å². The molecule has 1 saturated carbocycles. The van der Waals surface area contributed by atoms with Gasteiger partial charge in [-0.2, -0.15) is 0 Å².